The molecule has 0 atom stereocenters. The summed E-state index contributed by atoms with van der Waals surface area (Å²) in [7, 11) is 3.58. The van der Waals surface area contributed by atoms with Gasteiger partial charge in [0.2, 0.25) is 0 Å². The smallest absolute Gasteiger partial charge is 0.128 e. The highest BCUT2D eigenvalue weighted by Crippen LogP contribution is 2.31. The molecular formula is C12H14N2OS. The molecule has 3 nitrogen and oxygen atoms in total. The second-order valence-corrected chi connectivity index (χ2v) is 3.85. The molecule has 0 N–H and O–H groups in total. The largest absolute Gasteiger partial charge is 0.496 e. The Balaban J connectivity index is 2.57. The van der Waals surface area contributed by atoms with Gasteiger partial charge in [-0.3, -0.25) is 4.68 Å². The van der Waals surface area contributed by atoms with E-state index in [0.29, 0.717) is 5.75 Å². The van der Waals surface area contributed by atoms with Gasteiger partial charge in [0.15, 0.2) is 0 Å². The monoisotopic (exact) mass is 234 g/mol. The van der Waals surface area contributed by atoms with Gasteiger partial charge in [-0.1, -0.05) is 12.1 Å². The summed E-state index contributed by atoms with van der Waals surface area (Å²) >= 11 is 4.31. The van der Waals surface area contributed by atoms with Crippen molar-refractivity contribution in [2.45, 2.75) is 5.75 Å². The summed E-state index contributed by atoms with van der Waals surface area (Å²) in [6.45, 7) is 0. The molecule has 0 unspecified atom stereocenters. The molecule has 0 radical (unpaired) electrons. The van der Waals surface area contributed by atoms with Crippen LogP contribution in [0.2, 0.25) is 0 Å². The van der Waals surface area contributed by atoms with Crippen LogP contribution in [-0.4, -0.2) is 16.9 Å². The molecule has 0 saturated carbocycles. The maximum Gasteiger partial charge on any atom is 0.128 e. The lowest BCUT2D eigenvalue weighted by atomic mass is 10.1. The zero-order valence-corrected chi connectivity index (χ0v) is 10.2. The van der Waals surface area contributed by atoms with Gasteiger partial charge in [0.25, 0.3) is 0 Å². The quantitative estimate of drug-likeness (QED) is 0.826. The number of thiol groups is 1. The van der Waals surface area contributed by atoms with E-state index in [9.17, 15) is 0 Å². The van der Waals surface area contributed by atoms with Gasteiger partial charge in [0, 0.05) is 30.1 Å². The van der Waals surface area contributed by atoms with E-state index in [1.54, 1.807) is 11.8 Å². The first kappa shape index (κ1) is 11.1. The Hall–Kier alpha value is -1.42. The Morgan fingerprint density at radius 3 is 2.81 bits per heavy atom. The van der Waals surface area contributed by atoms with Crippen LogP contribution in [-0.2, 0) is 12.8 Å². The van der Waals surface area contributed by atoms with Crippen LogP contribution in [0.4, 0.5) is 0 Å². The molecule has 0 amide bonds. The molecule has 0 bridgehead atoms. The van der Waals surface area contributed by atoms with Gasteiger partial charge in [-0.25, -0.2) is 0 Å². The van der Waals surface area contributed by atoms with Crippen LogP contribution in [0.15, 0.2) is 30.5 Å². The molecule has 1 aromatic heterocycles. The van der Waals surface area contributed by atoms with E-state index in [1.807, 2.05) is 37.5 Å². The Labute approximate surface area is 100 Å². The molecule has 0 fully saturated rings. The number of rotatable bonds is 3. The molecule has 0 aliphatic rings. The Morgan fingerprint density at radius 1 is 1.38 bits per heavy atom. The topological polar surface area (TPSA) is 27.1 Å². The van der Waals surface area contributed by atoms with Gasteiger partial charge in [-0.15, -0.1) is 0 Å². The summed E-state index contributed by atoms with van der Waals surface area (Å²) in [5.41, 5.74) is 3.06. The summed E-state index contributed by atoms with van der Waals surface area (Å²) in [5.74, 6) is 1.51. The standard InChI is InChI=1S/C12H14N2OS/c1-14-7-9(8-16)12(13-14)10-5-3-4-6-11(10)15-2/h3-7,16H,8H2,1-2H3. The number of hydrogen-bond acceptors (Lipinski definition) is 3. The van der Waals surface area contributed by atoms with Crippen LogP contribution in [0.1, 0.15) is 5.56 Å². The second-order valence-electron chi connectivity index (χ2n) is 3.54. The molecule has 84 valence electrons. The van der Waals surface area contributed by atoms with Crippen LogP contribution in [0.5, 0.6) is 5.75 Å². The molecule has 16 heavy (non-hydrogen) atoms. The van der Waals surface area contributed by atoms with Crippen LogP contribution in [0.25, 0.3) is 11.3 Å². The van der Waals surface area contributed by atoms with Gasteiger partial charge >= 0.3 is 0 Å². The highest BCUT2D eigenvalue weighted by molar-refractivity contribution is 7.79. The maximum absolute atomic E-state index is 5.33. The van der Waals surface area contributed by atoms with Crippen molar-refractivity contribution in [1.82, 2.24) is 9.78 Å². The average molecular weight is 234 g/mol. The van der Waals surface area contributed by atoms with Crippen molar-refractivity contribution in [3.63, 3.8) is 0 Å². The van der Waals surface area contributed by atoms with E-state index in [4.69, 9.17) is 4.74 Å². The van der Waals surface area contributed by atoms with Gasteiger partial charge in [-0.05, 0) is 12.1 Å². The van der Waals surface area contributed by atoms with Gasteiger partial charge in [0.1, 0.15) is 11.4 Å². The van der Waals surface area contributed by atoms with Crippen molar-refractivity contribution < 1.29 is 4.74 Å². The van der Waals surface area contributed by atoms with E-state index >= 15 is 0 Å². The molecule has 2 rings (SSSR count). The predicted octanol–water partition coefficient (Wildman–Crippen LogP) is 2.53. The van der Waals surface area contributed by atoms with Gasteiger partial charge in [0.05, 0.1) is 7.11 Å². The molecule has 2 aromatic rings. The van der Waals surface area contributed by atoms with Gasteiger partial charge in [-0.2, -0.15) is 17.7 Å². The van der Waals surface area contributed by atoms with Crippen LogP contribution < -0.4 is 4.74 Å². The lowest BCUT2D eigenvalue weighted by molar-refractivity contribution is 0.416. The third-order valence-corrected chi connectivity index (χ3v) is 2.78. The van der Waals surface area contributed by atoms with Crippen LogP contribution in [0.3, 0.4) is 0 Å². The number of hydrogen-bond donors (Lipinski definition) is 1. The lowest BCUT2D eigenvalue weighted by Gasteiger charge is -2.06. The number of ether oxygens (including phenoxy) is 1. The first-order chi connectivity index (χ1) is 7.76. The fourth-order valence-electron chi connectivity index (χ4n) is 1.72. The number of methoxy groups -OCH3 is 1. The first-order valence-electron chi connectivity index (χ1n) is 5.03. The van der Waals surface area contributed by atoms with E-state index in [1.165, 1.54) is 0 Å². The Bertz CT molecular complexity index is 494. The Morgan fingerprint density at radius 2 is 2.12 bits per heavy atom. The molecule has 4 heteroatoms. The van der Waals surface area contributed by atoms with E-state index in [-0.39, 0.29) is 0 Å². The molecule has 0 aliphatic heterocycles. The van der Waals surface area contributed by atoms with Gasteiger partial charge < -0.3 is 4.74 Å². The van der Waals surface area contributed by atoms with Crippen molar-refractivity contribution in [1.29, 1.82) is 0 Å². The summed E-state index contributed by atoms with van der Waals surface area (Å²) in [6, 6.07) is 7.88. The molecule has 1 heterocycles. The minimum atomic E-state index is 0.668. The van der Waals surface area contributed by atoms with Crippen molar-refractivity contribution >= 4 is 12.6 Å². The normalized spacial score (nSPS) is 10.4. The van der Waals surface area contributed by atoms with Crippen molar-refractivity contribution in [2.24, 2.45) is 7.05 Å². The van der Waals surface area contributed by atoms with Crippen molar-refractivity contribution in [3.8, 4) is 17.0 Å². The zero-order chi connectivity index (χ0) is 11.5. The molecule has 0 aliphatic carbocycles. The van der Waals surface area contributed by atoms with Crippen molar-refractivity contribution in [3.05, 3.63) is 36.0 Å². The predicted molar refractivity (Wildman–Crippen MR) is 67.9 cm³/mol. The van der Waals surface area contributed by atoms with Crippen LogP contribution in [0, 0.1) is 0 Å². The number of para-hydroxylation sites is 1. The maximum atomic E-state index is 5.33. The lowest BCUT2D eigenvalue weighted by Crippen LogP contribution is -1.91. The zero-order valence-electron chi connectivity index (χ0n) is 9.34. The fourth-order valence-corrected chi connectivity index (χ4v) is 1.95. The molecular weight excluding hydrogens is 220 g/mol. The number of benzene rings is 1. The molecule has 1 aromatic carbocycles. The third-order valence-electron chi connectivity index (χ3n) is 2.44. The molecule has 0 spiro atoms. The average Bonchev–Trinajstić information content (AvgIpc) is 2.70. The summed E-state index contributed by atoms with van der Waals surface area (Å²) < 4.78 is 7.13. The number of aryl methyl sites for hydroxylation is 1. The van der Waals surface area contributed by atoms with E-state index < -0.39 is 0 Å². The summed E-state index contributed by atoms with van der Waals surface area (Å²) in [4.78, 5) is 0. The minimum absolute atomic E-state index is 0.668. The number of nitrogens with zero attached hydrogens (tertiary/aromatic N) is 2. The minimum Gasteiger partial charge on any atom is -0.496 e. The van der Waals surface area contributed by atoms with Crippen LogP contribution >= 0.6 is 12.6 Å². The van der Waals surface area contributed by atoms with E-state index in [2.05, 4.69) is 17.7 Å². The summed E-state index contributed by atoms with van der Waals surface area (Å²) in [6.07, 6.45) is 1.98. The Kier molecular flexibility index (Phi) is 3.19. The number of aromatic nitrogens is 2. The highest BCUT2D eigenvalue weighted by Gasteiger charge is 2.12. The van der Waals surface area contributed by atoms with Crippen molar-refractivity contribution in [2.75, 3.05) is 7.11 Å². The summed E-state index contributed by atoms with van der Waals surface area (Å²) in [5, 5.41) is 4.45. The first-order valence-corrected chi connectivity index (χ1v) is 5.66. The third kappa shape index (κ3) is 1.93. The fraction of sp³-hybridized carbons (Fsp3) is 0.250. The van der Waals surface area contributed by atoms with E-state index in [0.717, 1.165) is 22.6 Å². The highest BCUT2D eigenvalue weighted by atomic mass is 32.1. The SMILES string of the molecule is COc1ccccc1-c1nn(C)cc1CS. The molecule has 0 saturated heterocycles. The second kappa shape index (κ2) is 4.61.